The zero-order chi connectivity index (χ0) is 15.3. The average Bonchev–Trinajstić information content (AvgIpc) is 2.46. The Balaban J connectivity index is 1.79. The van der Waals surface area contributed by atoms with Crippen molar-refractivity contribution >= 4 is 11.6 Å². The van der Waals surface area contributed by atoms with Crippen molar-refractivity contribution in [3.05, 3.63) is 29.8 Å². The van der Waals surface area contributed by atoms with Crippen LogP contribution in [0.5, 0.6) is 0 Å². The first-order chi connectivity index (χ1) is 9.95. The molecule has 1 saturated carbocycles. The third kappa shape index (κ3) is 5.16. The summed E-state index contributed by atoms with van der Waals surface area (Å²) >= 11 is 0. The first kappa shape index (κ1) is 16.0. The van der Waals surface area contributed by atoms with E-state index < -0.39 is 0 Å². The number of carbonyl (C=O) groups excluding carboxylic acids is 1. The summed E-state index contributed by atoms with van der Waals surface area (Å²) in [6, 6.07) is 8.67. The predicted molar refractivity (Wildman–Crippen MR) is 88.6 cm³/mol. The van der Waals surface area contributed by atoms with Crippen LogP contribution in [-0.4, -0.2) is 18.5 Å². The number of rotatable bonds is 4. The van der Waals surface area contributed by atoms with E-state index in [0.717, 1.165) is 5.69 Å². The predicted octanol–water partition coefficient (Wildman–Crippen LogP) is 3.84. The highest BCUT2D eigenvalue weighted by molar-refractivity contribution is 5.92. The Morgan fingerprint density at radius 3 is 2.29 bits per heavy atom. The zero-order valence-electron chi connectivity index (χ0n) is 13.5. The average molecular weight is 288 g/mol. The smallest absolute Gasteiger partial charge is 0.238 e. The largest absolute Gasteiger partial charge is 0.325 e. The molecule has 0 radical (unpaired) electrons. The van der Waals surface area contributed by atoms with Gasteiger partial charge in [-0.2, -0.15) is 0 Å². The molecule has 21 heavy (non-hydrogen) atoms. The Labute approximate surface area is 128 Å². The molecule has 3 nitrogen and oxygen atoms in total. The Morgan fingerprint density at radius 1 is 1.10 bits per heavy atom. The van der Waals surface area contributed by atoms with Crippen LogP contribution < -0.4 is 10.6 Å². The van der Waals surface area contributed by atoms with Crippen molar-refractivity contribution in [3.8, 4) is 0 Å². The van der Waals surface area contributed by atoms with E-state index in [1.807, 2.05) is 12.1 Å². The van der Waals surface area contributed by atoms with Crippen molar-refractivity contribution in [2.45, 2.75) is 64.3 Å². The lowest BCUT2D eigenvalue weighted by molar-refractivity contribution is -0.115. The van der Waals surface area contributed by atoms with Crippen molar-refractivity contribution in [3.63, 3.8) is 0 Å². The molecule has 1 aliphatic rings. The van der Waals surface area contributed by atoms with Gasteiger partial charge < -0.3 is 10.6 Å². The first-order valence-corrected chi connectivity index (χ1v) is 8.09. The van der Waals surface area contributed by atoms with Crippen LogP contribution in [-0.2, 0) is 10.2 Å². The molecule has 0 heterocycles. The second-order valence-electron chi connectivity index (χ2n) is 7.09. The molecule has 0 atom stereocenters. The third-order valence-electron chi connectivity index (χ3n) is 4.19. The number of hydrogen-bond acceptors (Lipinski definition) is 2. The lowest BCUT2D eigenvalue weighted by Gasteiger charge is -2.22. The second-order valence-corrected chi connectivity index (χ2v) is 7.09. The molecule has 2 N–H and O–H groups in total. The maximum atomic E-state index is 12.0. The van der Waals surface area contributed by atoms with Gasteiger partial charge in [0.15, 0.2) is 0 Å². The number of anilines is 1. The van der Waals surface area contributed by atoms with Crippen molar-refractivity contribution in [2.24, 2.45) is 0 Å². The van der Waals surface area contributed by atoms with Crippen LogP contribution in [0.1, 0.15) is 58.4 Å². The summed E-state index contributed by atoms with van der Waals surface area (Å²) < 4.78 is 0. The zero-order valence-corrected chi connectivity index (χ0v) is 13.5. The molecular weight excluding hydrogens is 260 g/mol. The summed E-state index contributed by atoms with van der Waals surface area (Å²) in [5.74, 6) is 0.0454. The lowest BCUT2D eigenvalue weighted by atomic mass is 9.87. The molecule has 1 fully saturated rings. The highest BCUT2D eigenvalue weighted by Crippen LogP contribution is 2.23. The summed E-state index contributed by atoms with van der Waals surface area (Å²) in [4.78, 5) is 12.0. The van der Waals surface area contributed by atoms with E-state index in [1.165, 1.54) is 37.7 Å². The van der Waals surface area contributed by atoms with Crippen LogP contribution in [0.2, 0.25) is 0 Å². The number of carbonyl (C=O) groups is 1. The van der Waals surface area contributed by atoms with Crippen LogP contribution >= 0.6 is 0 Å². The van der Waals surface area contributed by atoms with E-state index in [4.69, 9.17) is 0 Å². The minimum atomic E-state index is 0.0454. The van der Waals surface area contributed by atoms with Crippen molar-refractivity contribution in [2.75, 3.05) is 11.9 Å². The van der Waals surface area contributed by atoms with E-state index in [1.54, 1.807) is 0 Å². The minimum absolute atomic E-state index is 0.0454. The maximum Gasteiger partial charge on any atom is 0.238 e. The van der Waals surface area contributed by atoms with Gasteiger partial charge in [-0.3, -0.25) is 4.79 Å². The molecule has 0 spiro atoms. The van der Waals surface area contributed by atoms with Crippen molar-refractivity contribution in [1.82, 2.24) is 5.32 Å². The number of benzene rings is 1. The third-order valence-corrected chi connectivity index (χ3v) is 4.19. The van der Waals surface area contributed by atoms with Gasteiger partial charge in [-0.15, -0.1) is 0 Å². The fraction of sp³-hybridized carbons (Fsp3) is 0.611. The van der Waals surface area contributed by atoms with Gasteiger partial charge in [0.05, 0.1) is 6.54 Å². The normalized spacial score (nSPS) is 16.7. The minimum Gasteiger partial charge on any atom is -0.325 e. The number of hydrogen-bond donors (Lipinski definition) is 2. The van der Waals surface area contributed by atoms with Crippen LogP contribution in [0.15, 0.2) is 24.3 Å². The molecule has 1 aromatic carbocycles. The van der Waals surface area contributed by atoms with E-state index in [2.05, 4.69) is 43.5 Å². The van der Waals surface area contributed by atoms with Gasteiger partial charge >= 0.3 is 0 Å². The Morgan fingerprint density at radius 2 is 1.71 bits per heavy atom. The lowest BCUT2D eigenvalue weighted by Crippen LogP contribution is -2.37. The molecule has 0 saturated heterocycles. The summed E-state index contributed by atoms with van der Waals surface area (Å²) in [7, 11) is 0. The number of amides is 1. The molecule has 0 unspecified atom stereocenters. The Bertz CT molecular complexity index is 453. The van der Waals surface area contributed by atoms with Crippen LogP contribution in [0.4, 0.5) is 5.69 Å². The van der Waals surface area contributed by atoms with Gasteiger partial charge in [0, 0.05) is 11.7 Å². The summed E-state index contributed by atoms with van der Waals surface area (Å²) in [6.45, 7) is 6.98. The van der Waals surface area contributed by atoms with E-state index in [0.29, 0.717) is 12.6 Å². The van der Waals surface area contributed by atoms with Crippen LogP contribution in [0.3, 0.4) is 0 Å². The molecule has 1 aromatic rings. The molecule has 1 aliphatic carbocycles. The molecule has 2 rings (SSSR count). The number of nitrogens with one attached hydrogen (secondary N) is 2. The van der Waals surface area contributed by atoms with Gasteiger partial charge in [-0.1, -0.05) is 52.2 Å². The quantitative estimate of drug-likeness (QED) is 0.883. The first-order valence-electron chi connectivity index (χ1n) is 8.09. The Hall–Kier alpha value is -1.35. The fourth-order valence-corrected chi connectivity index (χ4v) is 2.80. The molecule has 3 heteroatoms. The highest BCUT2D eigenvalue weighted by atomic mass is 16.1. The monoisotopic (exact) mass is 288 g/mol. The van der Waals surface area contributed by atoms with Gasteiger partial charge in [0.2, 0.25) is 5.91 Å². The van der Waals surface area contributed by atoms with Crippen LogP contribution in [0.25, 0.3) is 0 Å². The van der Waals surface area contributed by atoms with Gasteiger partial charge in [0.25, 0.3) is 0 Å². The SMILES string of the molecule is CC(C)(C)c1ccc(NC(=O)CNC2CCCCC2)cc1. The summed E-state index contributed by atoms with van der Waals surface area (Å²) in [5, 5.41) is 6.32. The van der Waals surface area contributed by atoms with Gasteiger partial charge in [-0.05, 0) is 36.0 Å². The molecule has 0 aromatic heterocycles. The summed E-state index contributed by atoms with van der Waals surface area (Å²) in [5.41, 5.74) is 2.30. The van der Waals surface area contributed by atoms with E-state index in [9.17, 15) is 4.79 Å². The maximum absolute atomic E-state index is 12.0. The topological polar surface area (TPSA) is 41.1 Å². The standard InChI is InChI=1S/C18H28N2O/c1-18(2,3)14-9-11-16(12-10-14)20-17(21)13-19-15-7-5-4-6-8-15/h9-12,15,19H,4-8,13H2,1-3H3,(H,20,21). The molecule has 0 bridgehead atoms. The highest BCUT2D eigenvalue weighted by Gasteiger charge is 2.15. The van der Waals surface area contributed by atoms with Gasteiger partial charge in [-0.25, -0.2) is 0 Å². The van der Waals surface area contributed by atoms with Crippen molar-refractivity contribution in [1.29, 1.82) is 0 Å². The van der Waals surface area contributed by atoms with Gasteiger partial charge in [0.1, 0.15) is 0 Å². The molecule has 116 valence electrons. The Kier molecular flexibility index (Phi) is 5.40. The second kappa shape index (κ2) is 7.08. The molecule has 0 aliphatic heterocycles. The van der Waals surface area contributed by atoms with Crippen LogP contribution in [0, 0.1) is 0 Å². The fourth-order valence-electron chi connectivity index (χ4n) is 2.80. The van der Waals surface area contributed by atoms with E-state index >= 15 is 0 Å². The molecular formula is C18H28N2O. The van der Waals surface area contributed by atoms with Crippen molar-refractivity contribution < 1.29 is 4.79 Å². The summed E-state index contributed by atoms with van der Waals surface area (Å²) in [6.07, 6.45) is 6.31. The molecule has 1 amide bonds. The van der Waals surface area contributed by atoms with E-state index in [-0.39, 0.29) is 11.3 Å².